The molecule has 0 aliphatic carbocycles. The number of nitrogens with zero attached hydrogens (tertiary/aromatic N) is 1. The van der Waals surface area contributed by atoms with Crippen LogP contribution in [0.4, 0.5) is 5.69 Å². The fourth-order valence-electron chi connectivity index (χ4n) is 2.54. The highest BCUT2D eigenvalue weighted by Gasteiger charge is 2.25. The molecular weight excluding hydrogens is 236 g/mol. The van der Waals surface area contributed by atoms with Crippen LogP contribution >= 0.6 is 0 Å². The zero-order valence-electron chi connectivity index (χ0n) is 10.9. The van der Waals surface area contributed by atoms with Crippen molar-refractivity contribution in [3.8, 4) is 0 Å². The minimum absolute atomic E-state index is 0.566. The lowest BCUT2D eigenvalue weighted by molar-refractivity contribution is 0.185. The van der Waals surface area contributed by atoms with Crippen LogP contribution in [0.5, 0.6) is 0 Å². The van der Waals surface area contributed by atoms with E-state index < -0.39 is 0 Å². The van der Waals surface area contributed by atoms with Crippen LogP contribution in [0.3, 0.4) is 0 Å². The molecule has 1 heterocycles. The zero-order chi connectivity index (χ0) is 13.2. The second-order valence-corrected chi connectivity index (χ2v) is 4.65. The summed E-state index contributed by atoms with van der Waals surface area (Å²) in [5, 5.41) is 8.34. The van der Waals surface area contributed by atoms with E-state index in [2.05, 4.69) is 18.2 Å². The number of nitrogens with one attached hydrogen (secondary N) is 1. The first-order valence-corrected chi connectivity index (χ1v) is 6.32. The Morgan fingerprint density at radius 2 is 1.84 bits per heavy atom. The average Bonchev–Trinajstić information content (AvgIpc) is 2.78. The third-order valence-electron chi connectivity index (χ3n) is 3.45. The van der Waals surface area contributed by atoms with E-state index in [-0.39, 0.29) is 0 Å². The lowest BCUT2D eigenvalue weighted by Gasteiger charge is -2.21. The molecule has 3 nitrogen and oxygen atoms in total. The van der Waals surface area contributed by atoms with Crippen molar-refractivity contribution in [2.75, 3.05) is 12.0 Å². The van der Waals surface area contributed by atoms with Crippen molar-refractivity contribution in [1.29, 1.82) is 5.41 Å². The molecule has 1 N–H and O–H groups in total. The smallest absolute Gasteiger partial charge is 0.133 e. The van der Waals surface area contributed by atoms with Crippen LogP contribution in [0.25, 0.3) is 0 Å². The summed E-state index contributed by atoms with van der Waals surface area (Å²) in [7, 11) is 1.70. The minimum atomic E-state index is 0.566. The molecule has 0 radical (unpaired) electrons. The number of methoxy groups -OCH3 is 1. The molecule has 0 aromatic heterocycles. The van der Waals surface area contributed by atoms with E-state index in [9.17, 15) is 0 Å². The molecule has 0 amide bonds. The number of rotatable bonds is 3. The second kappa shape index (κ2) is 4.86. The summed E-state index contributed by atoms with van der Waals surface area (Å²) >= 11 is 0. The van der Waals surface area contributed by atoms with E-state index in [1.165, 1.54) is 5.56 Å². The van der Waals surface area contributed by atoms with Gasteiger partial charge in [-0.15, -0.1) is 0 Å². The van der Waals surface area contributed by atoms with E-state index in [0.717, 1.165) is 23.4 Å². The molecule has 0 fully saturated rings. The average molecular weight is 252 g/mol. The predicted molar refractivity (Wildman–Crippen MR) is 76.6 cm³/mol. The molecule has 0 unspecified atom stereocenters. The molecule has 0 atom stereocenters. The summed E-state index contributed by atoms with van der Waals surface area (Å²) < 4.78 is 5.24. The largest absolute Gasteiger partial charge is 0.380 e. The summed E-state index contributed by atoms with van der Waals surface area (Å²) in [5.41, 5.74) is 4.41. The van der Waals surface area contributed by atoms with Gasteiger partial charge in [0.1, 0.15) is 5.84 Å². The van der Waals surface area contributed by atoms with Gasteiger partial charge < -0.3 is 9.64 Å². The van der Waals surface area contributed by atoms with Crippen molar-refractivity contribution in [2.45, 2.75) is 13.2 Å². The van der Waals surface area contributed by atoms with E-state index in [0.29, 0.717) is 12.4 Å². The summed E-state index contributed by atoms with van der Waals surface area (Å²) in [6.45, 7) is 1.33. The third-order valence-corrected chi connectivity index (χ3v) is 3.45. The summed E-state index contributed by atoms with van der Waals surface area (Å²) in [6.07, 6.45) is 0. The minimum Gasteiger partial charge on any atom is -0.380 e. The van der Waals surface area contributed by atoms with Crippen LogP contribution in [-0.2, 0) is 17.9 Å². The van der Waals surface area contributed by atoms with Crippen LogP contribution in [0, 0.1) is 5.41 Å². The number of hydrogen-bond donors (Lipinski definition) is 1. The standard InChI is InChI=1S/C16H16N2O/c1-19-11-13-7-3-5-9-15(13)18-10-12-6-2-4-8-14(12)16(18)17/h2-9,17H,10-11H2,1H3. The maximum absolute atomic E-state index is 8.34. The normalized spacial score (nSPS) is 13.7. The Morgan fingerprint density at radius 1 is 1.11 bits per heavy atom. The lowest BCUT2D eigenvalue weighted by atomic mass is 10.1. The van der Waals surface area contributed by atoms with Gasteiger partial charge in [0.25, 0.3) is 0 Å². The number of amidine groups is 1. The van der Waals surface area contributed by atoms with Crippen molar-refractivity contribution >= 4 is 11.5 Å². The van der Waals surface area contributed by atoms with Crippen LogP contribution in [0.1, 0.15) is 16.7 Å². The summed E-state index contributed by atoms with van der Waals surface area (Å²) in [6, 6.07) is 16.2. The van der Waals surface area contributed by atoms with Gasteiger partial charge in [-0.05, 0) is 11.6 Å². The fourth-order valence-corrected chi connectivity index (χ4v) is 2.54. The first-order chi connectivity index (χ1) is 9.31. The van der Waals surface area contributed by atoms with Crippen molar-refractivity contribution < 1.29 is 4.74 Å². The van der Waals surface area contributed by atoms with Gasteiger partial charge >= 0.3 is 0 Å². The Kier molecular flexibility index (Phi) is 3.05. The van der Waals surface area contributed by atoms with Crippen LogP contribution in [-0.4, -0.2) is 12.9 Å². The van der Waals surface area contributed by atoms with Gasteiger partial charge in [0.05, 0.1) is 13.2 Å². The molecule has 3 heteroatoms. The molecule has 1 aliphatic heterocycles. The SMILES string of the molecule is COCc1ccccc1N1Cc2ccccc2C1=N. The Balaban J connectivity index is 2.00. The van der Waals surface area contributed by atoms with Gasteiger partial charge in [-0.1, -0.05) is 42.5 Å². The maximum atomic E-state index is 8.34. The lowest BCUT2D eigenvalue weighted by Crippen LogP contribution is -2.24. The van der Waals surface area contributed by atoms with Crippen LogP contribution < -0.4 is 4.90 Å². The topological polar surface area (TPSA) is 36.3 Å². The number of benzene rings is 2. The molecule has 2 aromatic carbocycles. The van der Waals surface area contributed by atoms with Gasteiger partial charge in [-0.2, -0.15) is 0 Å². The van der Waals surface area contributed by atoms with Crippen LogP contribution in [0.2, 0.25) is 0 Å². The second-order valence-electron chi connectivity index (χ2n) is 4.65. The molecule has 19 heavy (non-hydrogen) atoms. The van der Waals surface area contributed by atoms with Crippen molar-refractivity contribution in [3.05, 3.63) is 65.2 Å². The maximum Gasteiger partial charge on any atom is 0.133 e. The third kappa shape index (κ3) is 2.02. The number of hydrogen-bond acceptors (Lipinski definition) is 2. The van der Waals surface area contributed by atoms with Gasteiger partial charge in [0.2, 0.25) is 0 Å². The van der Waals surface area contributed by atoms with Gasteiger partial charge in [0, 0.05) is 23.9 Å². The summed E-state index contributed by atoms with van der Waals surface area (Å²) in [5.74, 6) is 0.569. The van der Waals surface area contributed by atoms with Gasteiger partial charge in [-0.3, -0.25) is 5.41 Å². The highest BCUT2D eigenvalue weighted by molar-refractivity contribution is 6.11. The first kappa shape index (κ1) is 11.9. The number of fused-ring (bicyclic) bond motifs is 1. The molecular formula is C16H16N2O. The molecule has 1 aliphatic rings. The Labute approximate surface area is 113 Å². The Morgan fingerprint density at radius 3 is 2.63 bits per heavy atom. The summed E-state index contributed by atoms with van der Waals surface area (Å²) in [4.78, 5) is 2.04. The predicted octanol–water partition coefficient (Wildman–Crippen LogP) is 3.18. The van der Waals surface area contributed by atoms with Crippen molar-refractivity contribution in [2.24, 2.45) is 0 Å². The van der Waals surface area contributed by atoms with E-state index in [1.54, 1.807) is 7.11 Å². The molecule has 3 rings (SSSR count). The fraction of sp³-hybridized carbons (Fsp3) is 0.188. The number of anilines is 1. The van der Waals surface area contributed by atoms with Gasteiger partial charge in [-0.25, -0.2) is 0 Å². The van der Waals surface area contributed by atoms with E-state index in [1.807, 2.05) is 35.2 Å². The highest BCUT2D eigenvalue weighted by Crippen LogP contribution is 2.30. The molecule has 0 spiro atoms. The zero-order valence-corrected chi connectivity index (χ0v) is 10.9. The van der Waals surface area contributed by atoms with E-state index in [4.69, 9.17) is 10.1 Å². The van der Waals surface area contributed by atoms with Crippen molar-refractivity contribution in [1.82, 2.24) is 0 Å². The molecule has 0 bridgehead atoms. The molecule has 0 saturated carbocycles. The number of ether oxygens (including phenoxy) is 1. The van der Waals surface area contributed by atoms with Crippen LogP contribution in [0.15, 0.2) is 48.5 Å². The van der Waals surface area contributed by atoms with Crippen molar-refractivity contribution in [3.63, 3.8) is 0 Å². The molecule has 96 valence electrons. The Hall–Kier alpha value is -2.13. The quantitative estimate of drug-likeness (QED) is 0.910. The van der Waals surface area contributed by atoms with Gasteiger partial charge in [0.15, 0.2) is 0 Å². The monoisotopic (exact) mass is 252 g/mol. The Bertz CT molecular complexity index is 622. The highest BCUT2D eigenvalue weighted by atomic mass is 16.5. The first-order valence-electron chi connectivity index (χ1n) is 6.32. The van der Waals surface area contributed by atoms with E-state index >= 15 is 0 Å². The molecule has 0 saturated heterocycles. The number of para-hydroxylation sites is 1. The molecule has 2 aromatic rings.